The van der Waals surface area contributed by atoms with E-state index in [1.54, 1.807) is 13.0 Å². The number of carbonyl (C=O) groups excluding carboxylic acids is 1. The first-order valence-electron chi connectivity index (χ1n) is 5.86. The van der Waals surface area contributed by atoms with Gasteiger partial charge < -0.3 is 11.1 Å². The standard InChI is InChI=1S/C13H11BrN4O3/c1-7-4-9(14)10(5-11(7)18(20)21)17-13(19)8-2-3-12(15)16-6-8/h2-6H,1H3,(H2,15,16)(H,17,19). The normalized spacial score (nSPS) is 10.2. The van der Waals surface area contributed by atoms with Crippen LogP contribution >= 0.6 is 15.9 Å². The lowest BCUT2D eigenvalue weighted by atomic mass is 10.1. The highest BCUT2D eigenvalue weighted by Crippen LogP contribution is 2.30. The van der Waals surface area contributed by atoms with Gasteiger partial charge in [0.25, 0.3) is 11.6 Å². The summed E-state index contributed by atoms with van der Waals surface area (Å²) in [5, 5.41) is 13.5. The van der Waals surface area contributed by atoms with Crippen LogP contribution in [0.1, 0.15) is 15.9 Å². The number of nitro groups is 1. The molecule has 7 nitrogen and oxygen atoms in total. The topological polar surface area (TPSA) is 111 Å². The fourth-order valence-corrected chi connectivity index (χ4v) is 2.24. The van der Waals surface area contributed by atoms with Gasteiger partial charge in [-0.05, 0) is 41.1 Å². The number of nitro benzene ring substituents is 1. The number of aromatic nitrogens is 1. The van der Waals surface area contributed by atoms with Gasteiger partial charge in [0.1, 0.15) is 5.82 Å². The first-order chi connectivity index (χ1) is 9.88. The molecule has 0 radical (unpaired) electrons. The fraction of sp³-hybridized carbons (Fsp3) is 0.0769. The third kappa shape index (κ3) is 3.34. The molecular formula is C13H11BrN4O3. The second-order valence-corrected chi connectivity index (χ2v) is 5.16. The zero-order chi connectivity index (χ0) is 15.6. The van der Waals surface area contributed by atoms with Crippen molar-refractivity contribution in [3.8, 4) is 0 Å². The zero-order valence-electron chi connectivity index (χ0n) is 11.0. The third-order valence-electron chi connectivity index (χ3n) is 2.78. The van der Waals surface area contributed by atoms with Crippen molar-refractivity contribution in [2.75, 3.05) is 11.1 Å². The van der Waals surface area contributed by atoms with Gasteiger partial charge in [0.2, 0.25) is 0 Å². The Kier molecular flexibility index (Phi) is 4.18. The molecule has 2 aromatic rings. The number of hydrogen-bond acceptors (Lipinski definition) is 5. The summed E-state index contributed by atoms with van der Waals surface area (Å²) in [5.74, 6) is -0.125. The Morgan fingerprint density at radius 1 is 1.43 bits per heavy atom. The van der Waals surface area contributed by atoms with Crippen LogP contribution in [-0.2, 0) is 0 Å². The van der Waals surface area contributed by atoms with Crippen molar-refractivity contribution in [2.45, 2.75) is 6.92 Å². The molecule has 0 fully saturated rings. The van der Waals surface area contributed by atoms with E-state index in [4.69, 9.17) is 5.73 Å². The van der Waals surface area contributed by atoms with Crippen LogP contribution in [0.15, 0.2) is 34.9 Å². The molecule has 108 valence electrons. The Morgan fingerprint density at radius 2 is 2.14 bits per heavy atom. The van der Waals surface area contributed by atoms with Crippen molar-refractivity contribution in [1.29, 1.82) is 0 Å². The Hall–Kier alpha value is -2.48. The summed E-state index contributed by atoms with van der Waals surface area (Å²) in [7, 11) is 0. The Labute approximate surface area is 128 Å². The molecule has 0 aliphatic carbocycles. The Balaban J connectivity index is 2.30. The van der Waals surface area contributed by atoms with Crippen LogP contribution in [0.2, 0.25) is 0 Å². The minimum atomic E-state index is -0.498. The quantitative estimate of drug-likeness (QED) is 0.652. The van der Waals surface area contributed by atoms with E-state index in [1.165, 1.54) is 24.4 Å². The Morgan fingerprint density at radius 3 is 2.71 bits per heavy atom. The summed E-state index contributed by atoms with van der Waals surface area (Å²) < 4.78 is 0.558. The lowest BCUT2D eigenvalue weighted by molar-refractivity contribution is -0.385. The molecule has 8 heteroatoms. The monoisotopic (exact) mass is 350 g/mol. The molecule has 0 spiro atoms. The molecule has 3 N–H and O–H groups in total. The molecule has 1 aromatic heterocycles. The molecule has 0 saturated carbocycles. The van der Waals surface area contributed by atoms with Gasteiger partial charge >= 0.3 is 0 Å². The first kappa shape index (κ1) is 14.9. The number of anilines is 2. The van der Waals surface area contributed by atoms with Crippen molar-refractivity contribution in [3.63, 3.8) is 0 Å². The maximum absolute atomic E-state index is 12.1. The lowest BCUT2D eigenvalue weighted by Gasteiger charge is -2.08. The van der Waals surface area contributed by atoms with Crippen molar-refractivity contribution < 1.29 is 9.72 Å². The van der Waals surface area contributed by atoms with Crippen molar-refractivity contribution in [2.24, 2.45) is 0 Å². The van der Waals surface area contributed by atoms with Crippen LogP contribution in [0.5, 0.6) is 0 Å². The molecule has 1 aromatic carbocycles. The minimum Gasteiger partial charge on any atom is -0.384 e. The van der Waals surface area contributed by atoms with Gasteiger partial charge in [-0.1, -0.05) is 0 Å². The maximum Gasteiger partial charge on any atom is 0.274 e. The third-order valence-corrected chi connectivity index (χ3v) is 3.44. The first-order valence-corrected chi connectivity index (χ1v) is 6.65. The molecule has 0 atom stereocenters. The summed E-state index contributed by atoms with van der Waals surface area (Å²) in [6, 6.07) is 5.91. The van der Waals surface area contributed by atoms with Crippen LogP contribution in [-0.4, -0.2) is 15.8 Å². The second-order valence-electron chi connectivity index (χ2n) is 4.30. The van der Waals surface area contributed by atoms with E-state index >= 15 is 0 Å². The van der Waals surface area contributed by atoms with E-state index < -0.39 is 10.8 Å². The number of nitrogen functional groups attached to an aromatic ring is 1. The van der Waals surface area contributed by atoms with Crippen LogP contribution in [0.25, 0.3) is 0 Å². The number of amides is 1. The van der Waals surface area contributed by atoms with E-state index in [0.29, 0.717) is 27.1 Å². The number of hydrogen-bond donors (Lipinski definition) is 2. The average Bonchev–Trinajstić information content (AvgIpc) is 2.42. The van der Waals surface area contributed by atoms with Crippen LogP contribution in [0.3, 0.4) is 0 Å². The minimum absolute atomic E-state index is 0.0658. The van der Waals surface area contributed by atoms with Gasteiger partial charge in [0.15, 0.2) is 0 Å². The highest BCUT2D eigenvalue weighted by Gasteiger charge is 2.16. The van der Waals surface area contributed by atoms with E-state index in [0.717, 1.165) is 0 Å². The van der Waals surface area contributed by atoms with Gasteiger partial charge in [-0.2, -0.15) is 0 Å². The largest absolute Gasteiger partial charge is 0.384 e. The van der Waals surface area contributed by atoms with Crippen LogP contribution in [0.4, 0.5) is 17.2 Å². The number of rotatable bonds is 3. The number of nitrogens with one attached hydrogen (secondary N) is 1. The second kappa shape index (κ2) is 5.88. The molecule has 0 aliphatic heterocycles. The van der Waals surface area contributed by atoms with Gasteiger partial charge in [-0.25, -0.2) is 4.98 Å². The molecule has 1 heterocycles. The maximum atomic E-state index is 12.1. The van der Waals surface area contributed by atoms with Crippen molar-refractivity contribution >= 4 is 39.0 Å². The molecule has 0 bridgehead atoms. The van der Waals surface area contributed by atoms with Gasteiger partial charge in [-0.15, -0.1) is 0 Å². The van der Waals surface area contributed by atoms with E-state index in [9.17, 15) is 14.9 Å². The number of pyridine rings is 1. The molecule has 0 unspecified atom stereocenters. The number of nitrogens with zero attached hydrogens (tertiary/aromatic N) is 2. The molecule has 21 heavy (non-hydrogen) atoms. The molecule has 2 rings (SSSR count). The summed E-state index contributed by atoms with van der Waals surface area (Å²) in [5.41, 5.74) is 6.50. The average molecular weight is 351 g/mol. The summed E-state index contributed by atoms with van der Waals surface area (Å²) in [6.07, 6.45) is 1.33. The van der Waals surface area contributed by atoms with Gasteiger partial charge in [0.05, 0.1) is 16.2 Å². The SMILES string of the molecule is Cc1cc(Br)c(NC(=O)c2ccc(N)nc2)cc1[N+](=O)[O-]. The van der Waals surface area contributed by atoms with Crippen LogP contribution < -0.4 is 11.1 Å². The highest BCUT2D eigenvalue weighted by atomic mass is 79.9. The molecular weight excluding hydrogens is 340 g/mol. The molecule has 0 aliphatic rings. The van der Waals surface area contributed by atoms with Crippen LogP contribution in [0, 0.1) is 17.0 Å². The van der Waals surface area contributed by atoms with E-state index in [-0.39, 0.29) is 5.69 Å². The van der Waals surface area contributed by atoms with Crippen molar-refractivity contribution in [3.05, 3.63) is 56.2 Å². The highest BCUT2D eigenvalue weighted by molar-refractivity contribution is 9.10. The van der Waals surface area contributed by atoms with Gasteiger partial charge in [0, 0.05) is 22.3 Å². The molecule has 0 saturated heterocycles. The van der Waals surface area contributed by atoms with E-state index in [1.807, 2.05) is 0 Å². The molecule has 1 amide bonds. The van der Waals surface area contributed by atoms with Crippen molar-refractivity contribution in [1.82, 2.24) is 4.98 Å². The summed E-state index contributed by atoms with van der Waals surface area (Å²) >= 11 is 3.27. The predicted molar refractivity (Wildman–Crippen MR) is 82.1 cm³/mol. The number of benzene rings is 1. The van der Waals surface area contributed by atoms with E-state index in [2.05, 4.69) is 26.2 Å². The number of aryl methyl sites for hydroxylation is 1. The Bertz CT molecular complexity index is 716. The lowest BCUT2D eigenvalue weighted by Crippen LogP contribution is -2.13. The number of halogens is 1. The fourth-order valence-electron chi connectivity index (χ4n) is 1.69. The predicted octanol–water partition coefficient (Wildman–Crippen LogP) is 2.90. The van der Waals surface area contributed by atoms with Gasteiger partial charge in [-0.3, -0.25) is 14.9 Å². The summed E-state index contributed by atoms with van der Waals surface area (Å²) in [4.78, 5) is 26.3. The number of carbonyl (C=O) groups is 1. The zero-order valence-corrected chi connectivity index (χ0v) is 12.5. The number of nitrogens with two attached hydrogens (primary N) is 1. The summed E-state index contributed by atoms with van der Waals surface area (Å²) in [6.45, 7) is 1.62. The smallest absolute Gasteiger partial charge is 0.274 e.